The van der Waals surface area contributed by atoms with E-state index in [4.69, 9.17) is 4.74 Å². The van der Waals surface area contributed by atoms with Crippen LogP contribution >= 0.6 is 0 Å². The van der Waals surface area contributed by atoms with Gasteiger partial charge in [-0.25, -0.2) is 16.8 Å². The smallest absolute Gasteiger partial charge is 0.127 e. The third-order valence-corrected chi connectivity index (χ3v) is 4.16. The topological polar surface area (TPSA) is 124 Å². The van der Waals surface area contributed by atoms with Crippen molar-refractivity contribution < 1.29 is 30.7 Å². The van der Waals surface area contributed by atoms with Crippen molar-refractivity contribution in [3.8, 4) is 11.5 Å². The lowest BCUT2D eigenvalue weighted by atomic mass is 10.3. The second kappa shape index (κ2) is 5.45. The van der Waals surface area contributed by atoms with Crippen molar-refractivity contribution in [2.45, 2.75) is 9.79 Å². The fourth-order valence-corrected chi connectivity index (χ4v) is 2.42. The van der Waals surface area contributed by atoms with Gasteiger partial charge in [-0.3, -0.25) is 0 Å². The lowest BCUT2D eigenvalue weighted by Gasteiger charge is -2.10. The van der Waals surface area contributed by atoms with E-state index in [9.17, 15) is 25.9 Å². The summed E-state index contributed by atoms with van der Waals surface area (Å²) in [6, 6.07) is 9.49. The molecule has 0 radical (unpaired) electrons. The molecule has 0 spiro atoms. The van der Waals surface area contributed by atoms with Gasteiger partial charge < -0.3 is 13.8 Å². The van der Waals surface area contributed by atoms with Crippen molar-refractivity contribution >= 4 is 20.2 Å². The van der Waals surface area contributed by atoms with Crippen LogP contribution in [0.4, 0.5) is 0 Å². The van der Waals surface area contributed by atoms with Crippen LogP contribution in [0.2, 0.25) is 0 Å². The van der Waals surface area contributed by atoms with Crippen LogP contribution in [0.1, 0.15) is 0 Å². The number of hydrogen-bond acceptors (Lipinski definition) is 7. The van der Waals surface area contributed by atoms with Gasteiger partial charge in [-0.2, -0.15) is 0 Å². The van der Waals surface area contributed by atoms with Crippen molar-refractivity contribution in [3.05, 3.63) is 48.5 Å². The predicted molar refractivity (Wildman–Crippen MR) is 68.9 cm³/mol. The van der Waals surface area contributed by atoms with Crippen molar-refractivity contribution in [1.29, 1.82) is 0 Å². The van der Waals surface area contributed by atoms with Crippen LogP contribution in [0.3, 0.4) is 0 Å². The van der Waals surface area contributed by atoms with E-state index in [0.717, 1.165) is 24.3 Å². The molecule has 2 aromatic carbocycles. The molecule has 0 aromatic heterocycles. The van der Waals surface area contributed by atoms with Crippen molar-refractivity contribution in [2.75, 3.05) is 0 Å². The summed E-state index contributed by atoms with van der Waals surface area (Å²) in [5.74, 6) is 0.500. The Morgan fingerprint density at radius 3 is 1.14 bits per heavy atom. The van der Waals surface area contributed by atoms with Crippen LogP contribution in [-0.2, 0) is 20.2 Å². The monoisotopic (exact) mass is 328 g/mol. The molecule has 0 bridgehead atoms. The third kappa shape index (κ3) is 4.02. The summed E-state index contributed by atoms with van der Waals surface area (Å²) >= 11 is 0. The summed E-state index contributed by atoms with van der Waals surface area (Å²) in [7, 11) is -9.04. The highest BCUT2D eigenvalue weighted by Gasteiger charge is 2.04. The zero-order valence-electron chi connectivity index (χ0n) is 10.3. The normalized spacial score (nSPS) is 12.1. The van der Waals surface area contributed by atoms with Crippen LogP contribution in [0.15, 0.2) is 58.3 Å². The highest BCUT2D eigenvalue weighted by atomic mass is 32.2. The maximum Gasteiger partial charge on any atom is 0.127 e. The van der Waals surface area contributed by atoms with Gasteiger partial charge in [-0.05, 0) is 48.5 Å². The highest BCUT2D eigenvalue weighted by molar-refractivity contribution is 7.86. The Hall–Kier alpha value is -1.94. The molecule has 0 fully saturated rings. The summed E-state index contributed by atoms with van der Waals surface area (Å²) < 4.78 is 69.8. The molecule has 0 N–H and O–H groups in total. The van der Waals surface area contributed by atoms with E-state index >= 15 is 0 Å². The lowest BCUT2D eigenvalue weighted by Crippen LogP contribution is -1.98. The Balaban J connectivity index is 2.19. The van der Waals surface area contributed by atoms with Gasteiger partial charge in [-0.15, -0.1) is 0 Å². The summed E-state index contributed by atoms with van der Waals surface area (Å²) in [6.45, 7) is 0. The minimum Gasteiger partial charge on any atom is -0.744 e. The molecular formula is C12H8O7S2-2. The molecule has 21 heavy (non-hydrogen) atoms. The molecule has 0 amide bonds. The summed E-state index contributed by atoms with van der Waals surface area (Å²) in [5, 5.41) is 0. The van der Waals surface area contributed by atoms with Crippen molar-refractivity contribution in [3.63, 3.8) is 0 Å². The van der Waals surface area contributed by atoms with Crippen LogP contribution in [-0.4, -0.2) is 25.9 Å². The first kappa shape index (κ1) is 15.4. The first-order chi connectivity index (χ1) is 9.66. The molecule has 0 saturated heterocycles. The van der Waals surface area contributed by atoms with Gasteiger partial charge in [0.15, 0.2) is 0 Å². The van der Waals surface area contributed by atoms with Gasteiger partial charge in [0.1, 0.15) is 31.7 Å². The van der Waals surface area contributed by atoms with Gasteiger partial charge >= 0.3 is 0 Å². The van der Waals surface area contributed by atoms with E-state index in [1.807, 2.05) is 0 Å². The summed E-state index contributed by atoms with van der Waals surface area (Å²) in [6.07, 6.45) is 0. The zero-order valence-corrected chi connectivity index (χ0v) is 11.9. The Morgan fingerprint density at radius 1 is 0.619 bits per heavy atom. The number of rotatable bonds is 4. The second-order valence-electron chi connectivity index (χ2n) is 3.95. The molecule has 0 aliphatic carbocycles. The Morgan fingerprint density at radius 2 is 0.905 bits per heavy atom. The Kier molecular flexibility index (Phi) is 4.01. The molecular weight excluding hydrogens is 320 g/mol. The fraction of sp³-hybridized carbons (Fsp3) is 0. The molecule has 0 atom stereocenters. The van der Waals surface area contributed by atoms with Crippen LogP contribution in [0, 0.1) is 0 Å². The quantitative estimate of drug-likeness (QED) is 0.774. The van der Waals surface area contributed by atoms with E-state index in [2.05, 4.69) is 0 Å². The average Bonchev–Trinajstić information content (AvgIpc) is 2.38. The summed E-state index contributed by atoms with van der Waals surface area (Å²) in [5.41, 5.74) is 0. The average molecular weight is 328 g/mol. The third-order valence-electron chi connectivity index (χ3n) is 2.46. The van der Waals surface area contributed by atoms with E-state index < -0.39 is 20.2 Å². The standard InChI is InChI=1S/C12H10O7S2/c13-20(14,15)11-5-1-9(2-6-11)19-10-3-7-12(8-4-10)21(16,17)18/h1-8H,(H,13,14,15)(H,16,17,18)/p-2. The minimum absolute atomic E-state index is 0.250. The van der Waals surface area contributed by atoms with Crippen LogP contribution in [0.5, 0.6) is 11.5 Å². The van der Waals surface area contributed by atoms with Gasteiger partial charge in [0.25, 0.3) is 0 Å². The first-order valence-electron chi connectivity index (χ1n) is 5.46. The molecule has 7 nitrogen and oxygen atoms in total. The van der Waals surface area contributed by atoms with Crippen molar-refractivity contribution in [1.82, 2.24) is 0 Å². The number of benzene rings is 2. The van der Waals surface area contributed by atoms with Gasteiger partial charge in [0.2, 0.25) is 0 Å². The molecule has 112 valence electrons. The van der Waals surface area contributed by atoms with E-state index in [1.165, 1.54) is 24.3 Å². The van der Waals surface area contributed by atoms with Crippen molar-refractivity contribution in [2.24, 2.45) is 0 Å². The molecule has 2 rings (SSSR count). The van der Waals surface area contributed by atoms with Gasteiger partial charge in [0, 0.05) is 0 Å². The Bertz CT molecular complexity index is 762. The van der Waals surface area contributed by atoms with Gasteiger partial charge in [-0.1, -0.05) is 0 Å². The van der Waals surface area contributed by atoms with Crippen LogP contribution < -0.4 is 4.74 Å². The van der Waals surface area contributed by atoms with E-state index in [0.29, 0.717) is 0 Å². The fourth-order valence-electron chi connectivity index (χ4n) is 1.48. The molecule has 2 aromatic rings. The SMILES string of the molecule is O=S(=O)([O-])c1ccc(Oc2ccc(S(=O)(=O)[O-])cc2)cc1. The maximum absolute atomic E-state index is 10.8. The first-order valence-corrected chi connectivity index (χ1v) is 8.28. The predicted octanol–water partition coefficient (Wildman–Crippen LogP) is 1.29. The molecule has 0 saturated carbocycles. The molecule has 9 heteroatoms. The van der Waals surface area contributed by atoms with E-state index in [1.54, 1.807) is 0 Å². The summed E-state index contributed by atoms with van der Waals surface area (Å²) in [4.78, 5) is -0.773. The number of ether oxygens (including phenoxy) is 1. The number of hydrogen-bond donors (Lipinski definition) is 0. The molecule has 0 aliphatic rings. The molecule has 0 aliphatic heterocycles. The van der Waals surface area contributed by atoms with E-state index in [-0.39, 0.29) is 21.3 Å². The molecule has 0 heterocycles. The largest absolute Gasteiger partial charge is 0.744 e. The maximum atomic E-state index is 10.8. The Labute approximate surface area is 121 Å². The highest BCUT2D eigenvalue weighted by Crippen LogP contribution is 2.24. The van der Waals surface area contributed by atoms with Gasteiger partial charge in [0.05, 0.1) is 9.79 Å². The zero-order chi connectivity index (χ0) is 15.7. The second-order valence-corrected chi connectivity index (χ2v) is 6.71. The lowest BCUT2D eigenvalue weighted by molar-refractivity contribution is 0.461. The minimum atomic E-state index is -4.52. The molecule has 0 unspecified atom stereocenters. The van der Waals surface area contributed by atoms with Crippen LogP contribution in [0.25, 0.3) is 0 Å².